The van der Waals surface area contributed by atoms with Crippen molar-refractivity contribution in [3.05, 3.63) is 73.2 Å². The van der Waals surface area contributed by atoms with Gasteiger partial charge in [0.15, 0.2) is 0 Å². The predicted octanol–water partition coefficient (Wildman–Crippen LogP) is 5.51. The summed E-state index contributed by atoms with van der Waals surface area (Å²) in [6, 6.07) is 19.2. The van der Waals surface area contributed by atoms with E-state index in [9.17, 15) is 4.79 Å². The van der Waals surface area contributed by atoms with Gasteiger partial charge in [-0.25, -0.2) is 4.98 Å². The number of para-hydroxylation sites is 1. The Morgan fingerprint density at radius 1 is 1.00 bits per heavy atom. The van der Waals surface area contributed by atoms with Crippen molar-refractivity contribution in [3.63, 3.8) is 0 Å². The van der Waals surface area contributed by atoms with E-state index in [1.165, 1.54) is 16.5 Å². The van der Waals surface area contributed by atoms with Gasteiger partial charge in [0, 0.05) is 49.1 Å². The van der Waals surface area contributed by atoms with Crippen molar-refractivity contribution in [2.45, 2.75) is 25.8 Å². The van der Waals surface area contributed by atoms with Crippen molar-refractivity contribution in [1.29, 1.82) is 0 Å². The van der Waals surface area contributed by atoms with E-state index < -0.39 is 0 Å². The van der Waals surface area contributed by atoms with Crippen LogP contribution in [0.1, 0.15) is 19.3 Å². The number of hydrogen-bond donors (Lipinski definition) is 1. The maximum absolute atomic E-state index is 12.6. The van der Waals surface area contributed by atoms with Gasteiger partial charge in [-0.15, -0.1) is 0 Å². The number of aromatic nitrogens is 4. The fourth-order valence-electron chi connectivity index (χ4n) is 5.54. The summed E-state index contributed by atoms with van der Waals surface area (Å²) in [5, 5.41) is 1.21. The highest BCUT2D eigenvalue weighted by Gasteiger charge is 2.36. The molecule has 174 valence electrons. The van der Waals surface area contributed by atoms with E-state index in [0.717, 1.165) is 66.8 Å². The molecule has 1 N–H and O–H groups in total. The number of nitrogens with zero attached hydrogens (tertiary/aromatic N) is 4. The molecular formula is C29H27N5O. The number of fused-ring (bicyclic) bond motifs is 2. The predicted molar refractivity (Wildman–Crippen MR) is 138 cm³/mol. The first-order chi connectivity index (χ1) is 17.2. The second kappa shape index (κ2) is 8.08. The van der Waals surface area contributed by atoms with Gasteiger partial charge in [0.1, 0.15) is 11.3 Å². The van der Waals surface area contributed by atoms with Crippen LogP contribution in [0.25, 0.3) is 44.5 Å². The standard InChI is InChI=1S/C29H27N5O/c35-29(23-8-9-23)33-15-12-19(17-33)18-34-26-11-13-30-16-25(26)32-28(34)22-6-4-20(5-7-22)24-3-1-2-21-10-14-31-27(21)24/h1-7,10-11,13-14,16,19,23,31H,8-9,12,15,17-18H2/t19-/m1/s1. The Morgan fingerprint density at radius 2 is 1.86 bits per heavy atom. The molecule has 35 heavy (non-hydrogen) atoms. The van der Waals surface area contributed by atoms with Crippen LogP contribution in [-0.4, -0.2) is 43.4 Å². The molecule has 6 nitrogen and oxygen atoms in total. The number of aromatic amines is 1. The topological polar surface area (TPSA) is 66.8 Å². The Labute approximate surface area is 203 Å². The van der Waals surface area contributed by atoms with Crippen LogP contribution in [-0.2, 0) is 11.3 Å². The van der Waals surface area contributed by atoms with Crippen molar-refractivity contribution in [2.75, 3.05) is 13.1 Å². The maximum Gasteiger partial charge on any atom is 0.225 e. The third-order valence-corrected chi connectivity index (χ3v) is 7.56. The van der Waals surface area contributed by atoms with Gasteiger partial charge in [-0.3, -0.25) is 9.78 Å². The number of pyridine rings is 1. The molecule has 0 spiro atoms. The monoisotopic (exact) mass is 461 g/mol. The summed E-state index contributed by atoms with van der Waals surface area (Å²) in [6.45, 7) is 2.58. The molecule has 6 heteroatoms. The molecule has 4 heterocycles. The van der Waals surface area contributed by atoms with Crippen LogP contribution < -0.4 is 0 Å². The molecular weight excluding hydrogens is 434 g/mol. The Hall–Kier alpha value is -3.93. The summed E-state index contributed by atoms with van der Waals surface area (Å²) in [7, 11) is 0. The number of amides is 1. The molecule has 3 aromatic heterocycles. The van der Waals surface area contributed by atoms with Crippen LogP contribution in [0.5, 0.6) is 0 Å². The summed E-state index contributed by atoms with van der Waals surface area (Å²) >= 11 is 0. The molecule has 5 aromatic rings. The summed E-state index contributed by atoms with van der Waals surface area (Å²) in [6.07, 6.45) is 8.84. The van der Waals surface area contributed by atoms with Crippen molar-refractivity contribution in [1.82, 2.24) is 24.4 Å². The number of nitrogens with one attached hydrogen (secondary N) is 1. The van der Waals surface area contributed by atoms with Gasteiger partial charge in [-0.1, -0.05) is 42.5 Å². The first-order valence-corrected chi connectivity index (χ1v) is 12.5. The molecule has 7 rings (SSSR count). The van der Waals surface area contributed by atoms with E-state index in [1.54, 1.807) is 0 Å². The van der Waals surface area contributed by atoms with Gasteiger partial charge in [0.05, 0.1) is 17.2 Å². The molecule has 0 bridgehead atoms. The van der Waals surface area contributed by atoms with Crippen molar-refractivity contribution in [3.8, 4) is 22.5 Å². The van der Waals surface area contributed by atoms with Gasteiger partial charge in [-0.05, 0) is 48.3 Å². The normalized spacial score (nSPS) is 18.1. The van der Waals surface area contributed by atoms with E-state index in [-0.39, 0.29) is 0 Å². The van der Waals surface area contributed by atoms with Crippen molar-refractivity contribution in [2.24, 2.45) is 11.8 Å². The first kappa shape index (κ1) is 20.4. The molecule has 2 fully saturated rings. The number of benzene rings is 2. The smallest absolute Gasteiger partial charge is 0.225 e. The van der Waals surface area contributed by atoms with E-state index in [4.69, 9.17) is 4.98 Å². The number of carbonyl (C=O) groups is 1. The summed E-state index contributed by atoms with van der Waals surface area (Å²) < 4.78 is 2.33. The average molecular weight is 462 g/mol. The molecule has 1 saturated heterocycles. The second-order valence-corrected chi connectivity index (χ2v) is 9.95. The largest absolute Gasteiger partial charge is 0.361 e. The van der Waals surface area contributed by atoms with E-state index >= 15 is 0 Å². The lowest BCUT2D eigenvalue weighted by Gasteiger charge is -2.18. The third-order valence-electron chi connectivity index (χ3n) is 7.56. The van der Waals surface area contributed by atoms with Gasteiger partial charge in [0.25, 0.3) is 0 Å². The summed E-state index contributed by atoms with van der Waals surface area (Å²) in [5.41, 5.74) is 6.63. The van der Waals surface area contributed by atoms with Crippen LogP contribution in [0.4, 0.5) is 0 Å². The highest BCUT2D eigenvalue weighted by Crippen LogP contribution is 2.35. The number of hydrogen-bond acceptors (Lipinski definition) is 3. The Bertz CT molecular complexity index is 1540. The number of carbonyl (C=O) groups excluding carboxylic acids is 1. The Kier molecular flexibility index (Phi) is 4.72. The highest BCUT2D eigenvalue weighted by molar-refractivity contribution is 5.94. The molecule has 1 atom stereocenters. The van der Waals surface area contributed by atoms with Gasteiger partial charge < -0.3 is 14.5 Å². The lowest BCUT2D eigenvalue weighted by atomic mass is 10.0. The van der Waals surface area contributed by atoms with Gasteiger partial charge in [0.2, 0.25) is 5.91 Å². The number of H-pyrrole nitrogens is 1. The van der Waals surface area contributed by atoms with Crippen LogP contribution in [0.15, 0.2) is 73.2 Å². The molecule has 2 aromatic carbocycles. The summed E-state index contributed by atoms with van der Waals surface area (Å²) in [4.78, 5) is 27.3. The van der Waals surface area contributed by atoms with E-state index in [1.807, 2.05) is 24.7 Å². The van der Waals surface area contributed by atoms with Crippen molar-refractivity contribution >= 4 is 27.8 Å². The van der Waals surface area contributed by atoms with Crippen LogP contribution in [0, 0.1) is 11.8 Å². The molecule has 2 aliphatic rings. The van der Waals surface area contributed by atoms with Crippen LogP contribution >= 0.6 is 0 Å². The molecule has 0 unspecified atom stereocenters. The zero-order chi connectivity index (χ0) is 23.4. The minimum absolute atomic E-state index is 0.291. The Morgan fingerprint density at radius 3 is 2.71 bits per heavy atom. The third kappa shape index (κ3) is 3.60. The highest BCUT2D eigenvalue weighted by atomic mass is 16.2. The zero-order valence-electron chi connectivity index (χ0n) is 19.5. The van der Waals surface area contributed by atoms with Crippen LogP contribution in [0.3, 0.4) is 0 Å². The van der Waals surface area contributed by atoms with Gasteiger partial charge in [-0.2, -0.15) is 0 Å². The molecule has 1 saturated carbocycles. The fourth-order valence-corrected chi connectivity index (χ4v) is 5.54. The zero-order valence-corrected chi connectivity index (χ0v) is 19.5. The average Bonchev–Trinajstić information content (AvgIpc) is 3.28. The molecule has 1 aliphatic heterocycles. The second-order valence-electron chi connectivity index (χ2n) is 9.95. The van der Waals surface area contributed by atoms with E-state index in [0.29, 0.717) is 17.7 Å². The lowest BCUT2D eigenvalue weighted by molar-refractivity contribution is -0.131. The molecule has 0 radical (unpaired) electrons. The lowest BCUT2D eigenvalue weighted by Crippen LogP contribution is -2.30. The fraction of sp³-hybridized carbons (Fsp3) is 0.276. The quantitative estimate of drug-likeness (QED) is 0.376. The first-order valence-electron chi connectivity index (χ1n) is 12.5. The minimum Gasteiger partial charge on any atom is -0.361 e. The van der Waals surface area contributed by atoms with Crippen LogP contribution in [0.2, 0.25) is 0 Å². The number of rotatable bonds is 5. The SMILES string of the molecule is O=C(C1CC1)N1CC[C@@H](Cn2c(-c3ccc(-c4cccc5cc[nH]c45)cc3)nc3cnccc32)C1. The van der Waals surface area contributed by atoms with Gasteiger partial charge >= 0.3 is 0 Å². The van der Waals surface area contributed by atoms with Crippen molar-refractivity contribution < 1.29 is 4.79 Å². The number of imidazole rings is 1. The maximum atomic E-state index is 12.6. The molecule has 1 amide bonds. The minimum atomic E-state index is 0.291. The number of likely N-dealkylation sites (tertiary alicyclic amines) is 1. The molecule has 1 aliphatic carbocycles. The Balaban J connectivity index is 1.21. The summed E-state index contributed by atoms with van der Waals surface area (Å²) in [5.74, 6) is 2.05. The van der Waals surface area contributed by atoms with E-state index in [2.05, 4.69) is 68.0 Å².